The number of rotatable bonds is 3. The van der Waals surface area contributed by atoms with E-state index in [4.69, 9.17) is 16.2 Å². The summed E-state index contributed by atoms with van der Waals surface area (Å²) >= 11 is 1.36. The van der Waals surface area contributed by atoms with Crippen LogP contribution in [0.2, 0.25) is 0 Å². The SMILES string of the molecule is NC(=O)c1ccccc1Oc1nc2ccc(N)cc2s1. The lowest BCUT2D eigenvalue weighted by Gasteiger charge is -2.05. The molecule has 0 aliphatic rings. The van der Waals surface area contributed by atoms with Crippen molar-refractivity contribution < 1.29 is 9.53 Å². The molecule has 2 aromatic carbocycles. The van der Waals surface area contributed by atoms with Gasteiger partial charge >= 0.3 is 0 Å². The Morgan fingerprint density at radius 3 is 2.80 bits per heavy atom. The van der Waals surface area contributed by atoms with Crippen LogP contribution in [0.1, 0.15) is 10.4 Å². The Kier molecular flexibility index (Phi) is 3.00. The first-order chi connectivity index (χ1) is 9.63. The molecule has 0 aliphatic heterocycles. The summed E-state index contributed by atoms with van der Waals surface area (Å²) in [6.07, 6.45) is 0. The number of carbonyl (C=O) groups excluding carboxylic acids is 1. The summed E-state index contributed by atoms with van der Waals surface area (Å²) in [4.78, 5) is 15.7. The molecule has 0 saturated heterocycles. The van der Waals surface area contributed by atoms with Crippen molar-refractivity contribution in [3.63, 3.8) is 0 Å². The van der Waals surface area contributed by atoms with Gasteiger partial charge in [0.2, 0.25) is 0 Å². The van der Waals surface area contributed by atoms with Crippen molar-refractivity contribution >= 4 is 33.1 Å². The van der Waals surface area contributed by atoms with Gasteiger partial charge in [0, 0.05) is 5.69 Å². The maximum Gasteiger partial charge on any atom is 0.279 e. The Labute approximate surface area is 118 Å². The number of fused-ring (bicyclic) bond motifs is 1. The average Bonchev–Trinajstić information content (AvgIpc) is 2.80. The van der Waals surface area contributed by atoms with Crippen LogP contribution in [0.15, 0.2) is 42.5 Å². The minimum atomic E-state index is -0.536. The molecule has 0 spiro atoms. The number of thiazole rings is 1. The van der Waals surface area contributed by atoms with Crippen LogP contribution in [0.4, 0.5) is 5.69 Å². The number of hydrogen-bond donors (Lipinski definition) is 2. The van der Waals surface area contributed by atoms with Crippen LogP contribution in [0.25, 0.3) is 10.2 Å². The quantitative estimate of drug-likeness (QED) is 0.724. The molecule has 0 unspecified atom stereocenters. The van der Waals surface area contributed by atoms with E-state index in [1.807, 2.05) is 12.1 Å². The number of aromatic nitrogens is 1. The first-order valence-electron chi connectivity index (χ1n) is 5.86. The molecule has 1 heterocycles. The van der Waals surface area contributed by atoms with Gasteiger partial charge in [0.25, 0.3) is 11.1 Å². The highest BCUT2D eigenvalue weighted by Gasteiger charge is 2.12. The van der Waals surface area contributed by atoms with Gasteiger partial charge in [-0.3, -0.25) is 4.79 Å². The summed E-state index contributed by atoms with van der Waals surface area (Å²) in [7, 11) is 0. The number of carbonyl (C=O) groups is 1. The number of para-hydroxylation sites is 1. The monoisotopic (exact) mass is 285 g/mol. The van der Waals surface area contributed by atoms with Gasteiger partial charge in [-0.2, -0.15) is 0 Å². The molecule has 5 nitrogen and oxygen atoms in total. The molecule has 20 heavy (non-hydrogen) atoms. The van der Waals surface area contributed by atoms with Crippen molar-refractivity contribution in [3.05, 3.63) is 48.0 Å². The van der Waals surface area contributed by atoms with E-state index < -0.39 is 5.91 Å². The van der Waals surface area contributed by atoms with Crippen molar-refractivity contribution in [2.75, 3.05) is 5.73 Å². The van der Waals surface area contributed by atoms with Gasteiger partial charge < -0.3 is 16.2 Å². The summed E-state index contributed by atoms with van der Waals surface area (Å²) in [5.41, 5.74) is 12.8. The molecule has 1 aromatic heterocycles. The molecule has 100 valence electrons. The fourth-order valence-electron chi connectivity index (χ4n) is 1.82. The van der Waals surface area contributed by atoms with Crippen molar-refractivity contribution in [2.45, 2.75) is 0 Å². The zero-order valence-corrected chi connectivity index (χ0v) is 11.2. The van der Waals surface area contributed by atoms with E-state index in [0.717, 1.165) is 10.2 Å². The second kappa shape index (κ2) is 4.82. The molecular weight excluding hydrogens is 274 g/mol. The molecule has 0 bridgehead atoms. The smallest absolute Gasteiger partial charge is 0.279 e. The molecule has 3 rings (SSSR count). The second-order valence-corrected chi connectivity index (χ2v) is 5.16. The maximum atomic E-state index is 11.3. The standard InChI is InChI=1S/C14H11N3O2S/c15-8-5-6-10-12(7-8)20-14(17-10)19-11-4-2-1-3-9(11)13(16)18/h1-7H,15H2,(H2,16,18). The first-order valence-corrected chi connectivity index (χ1v) is 6.68. The number of hydrogen-bond acceptors (Lipinski definition) is 5. The highest BCUT2D eigenvalue weighted by molar-refractivity contribution is 7.20. The predicted molar refractivity (Wildman–Crippen MR) is 79.1 cm³/mol. The summed E-state index contributed by atoms with van der Waals surface area (Å²) < 4.78 is 6.59. The summed E-state index contributed by atoms with van der Waals surface area (Å²) in [6, 6.07) is 12.2. The number of ether oxygens (including phenoxy) is 1. The molecule has 6 heteroatoms. The predicted octanol–water partition coefficient (Wildman–Crippen LogP) is 2.77. The zero-order valence-electron chi connectivity index (χ0n) is 10.4. The van der Waals surface area contributed by atoms with Crippen LogP contribution in [0.5, 0.6) is 10.9 Å². The second-order valence-electron chi connectivity index (χ2n) is 4.17. The first kappa shape index (κ1) is 12.4. The van der Waals surface area contributed by atoms with E-state index in [1.54, 1.807) is 30.3 Å². The Bertz CT molecular complexity index is 798. The summed E-state index contributed by atoms with van der Waals surface area (Å²) in [6.45, 7) is 0. The number of benzene rings is 2. The van der Waals surface area contributed by atoms with E-state index in [0.29, 0.717) is 22.2 Å². The summed E-state index contributed by atoms with van der Waals surface area (Å²) in [5.74, 6) is -0.141. The third-order valence-electron chi connectivity index (χ3n) is 2.74. The normalized spacial score (nSPS) is 10.6. The fourth-order valence-corrected chi connectivity index (χ4v) is 2.69. The van der Waals surface area contributed by atoms with Crippen LogP contribution in [-0.4, -0.2) is 10.9 Å². The van der Waals surface area contributed by atoms with Crippen molar-refractivity contribution in [3.8, 4) is 10.9 Å². The van der Waals surface area contributed by atoms with Gasteiger partial charge in [0.05, 0.1) is 15.8 Å². The fraction of sp³-hybridized carbons (Fsp3) is 0. The van der Waals surface area contributed by atoms with Crippen molar-refractivity contribution in [1.29, 1.82) is 0 Å². The van der Waals surface area contributed by atoms with Gasteiger partial charge in [0.1, 0.15) is 5.75 Å². The van der Waals surface area contributed by atoms with E-state index in [2.05, 4.69) is 4.98 Å². The average molecular weight is 285 g/mol. The molecule has 3 aromatic rings. The molecular formula is C14H11N3O2S. The Balaban J connectivity index is 1.99. The lowest BCUT2D eigenvalue weighted by Crippen LogP contribution is -2.11. The number of nitrogens with two attached hydrogens (primary N) is 2. The third-order valence-corrected chi connectivity index (χ3v) is 3.64. The number of nitrogen functional groups attached to an aromatic ring is 1. The number of nitrogens with zero attached hydrogens (tertiary/aromatic N) is 1. The van der Waals surface area contributed by atoms with Gasteiger partial charge in [-0.05, 0) is 30.3 Å². The molecule has 0 fully saturated rings. The van der Waals surface area contributed by atoms with Crippen LogP contribution >= 0.6 is 11.3 Å². The zero-order chi connectivity index (χ0) is 14.1. The molecule has 0 radical (unpaired) electrons. The minimum Gasteiger partial charge on any atom is -0.430 e. The van der Waals surface area contributed by atoms with Gasteiger partial charge in [-0.25, -0.2) is 4.98 Å². The number of primary amides is 1. The van der Waals surface area contributed by atoms with E-state index in [-0.39, 0.29) is 0 Å². The van der Waals surface area contributed by atoms with E-state index in [9.17, 15) is 4.79 Å². The lowest BCUT2D eigenvalue weighted by molar-refractivity contribution is 0.0998. The number of amides is 1. The van der Waals surface area contributed by atoms with E-state index in [1.165, 1.54) is 11.3 Å². The maximum absolute atomic E-state index is 11.3. The highest BCUT2D eigenvalue weighted by Crippen LogP contribution is 2.33. The molecule has 0 saturated carbocycles. The van der Waals surface area contributed by atoms with Crippen LogP contribution in [0, 0.1) is 0 Å². The Hall–Kier alpha value is -2.60. The van der Waals surface area contributed by atoms with Crippen LogP contribution in [0.3, 0.4) is 0 Å². The van der Waals surface area contributed by atoms with Crippen LogP contribution in [-0.2, 0) is 0 Å². The van der Waals surface area contributed by atoms with E-state index >= 15 is 0 Å². The van der Waals surface area contributed by atoms with Gasteiger partial charge in [-0.15, -0.1) is 0 Å². The Morgan fingerprint density at radius 2 is 2.00 bits per heavy atom. The topological polar surface area (TPSA) is 91.2 Å². The largest absolute Gasteiger partial charge is 0.430 e. The molecule has 0 aliphatic carbocycles. The van der Waals surface area contributed by atoms with Crippen molar-refractivity contribution in [1.82, 2.24) is 4.98 Å². The van der Waals surface area contributed by atoms with Crippen molar-refractivity contribution in [2.24, 2.45) is 5.73 Å². The molecule has 0 atom stereocenters. The molecule has 4 N–H and O–H groups in total. The van der Waals surface area contributed by atoms with Gasteiger partial charge in [-0.1, -0.05) is 23.5 Å². The Morgan fingerprint density at radius 1 is 1.20 bits per heavy atom. The molecule has 1 amide bonds. The van der Waals surface area contributed by atoms with Crippen LogP contribution < -0.4 is 16.2 Å². The highest BCUT2D eigenvalue weighted by atomic mass is 32.1. The summed E-state index contributed by atoms with van der Waals surface area (Å²) in [5, 5.41) is 0.444. The lowest BCUT2D eigenvalue weighted by atomic mass is 10.2. The van der Waals surface area contributed by atoms with Gasteiger partial charge in [0.15, 0.2) is 0 Å². The third kappa shape index (κ3) is 2.28. The number of anilines is 1. The minimum absolute atomic E-state index is 0.325.